The summed E-state index contributed by atoms with van der Waals surface area (Å²) in [7, 11) is 1.58. The molecule has 3 aromatic rings. The van der Waals surface area contributed by atoms with Crippen LogP contribution in [0.3, 0.4) is 0 Å². The van der Waals surface area contributed by atoms with E-state index in [1.807, 2.05) is 24.3 Å². The van der Waals surface area contributed by atoms with Gasteiger partial charge >= 0.3 is 5.69 Å². The van der Waals surface area contributed by atoms with Crippen molar-refractivity contribution in [1.82, 2.24) is 20.0 Å². The van der Waals surface area contributed by atoms with Crippen LogP contribution >= 0.6 is 0 Å². The van der Waals surface area contributed by atoms with Crippen LogP contribution in [-0.2, 0) is 17.9 Å². The Balaban J connectivity index is 1.54. The van der Waals surface area contributed by atoms with Crippen molar-refractivity contribution in [3.63, 3.8) is 0 Å². The van der Waals surface area contributed by atoms with Gasteiger partial charge in [0.2, 0.25) is 5.91 Å². The zero-order valence-corrected chi connectivity index (χ0v) is 14.6. The number of nitrogens with one attached hydrogen (secondary N) is 2. The Morgan fingerprint density at radius 3 is 2.93 bits per heavy atom. The number of aromatic amines is 1. The summed E-state index contributed by atoms with van der Waals surface area (Å²) >= 11 is 0. The molecule has 27 heavy (non-hydrogen) atoms. The van der Waals surface area contributed by atoms with Crippen molar-refractivity contribution >= 4 is 5.91 Å². The highest BCUT2D eigenvalue weighted by atomic mass is 16.5. The zero-order valence-electron chi connectivity index (χ0n) is 14.6. The molecule has 3 rings (SSSR count). The zero-order chi connectivity index (χ0) is 19.2. The van der Waals surface area contributed by atoms with E-state index in [9.17, 15) is 14.4 Å². The molecule has 0 unspecified atom stereocenters. The SMILES string of the molecule is COc1cccc(-c2cc(CNC(=O)CCn3ccc(=O)[nH]c3=O)no2)c1. The average Bonchev–Trinajstić information content (AvgIpc) is 3.15. The van der Waals surface area contributed by atoms with Gasteiger partial charge in [-0.15, -0.1) is 0 Å². The number of carbonyl (C=O) groups excluding carboxylic acids is 1. The molecule has 2 heterocycles. The van der Waals surface area contributed by atoms with Crippen molar-refractivity contribution < 1.29 is 14.1 Å². The molecule has 1 aromatic carbocycles. The minimum Gasteiger partial charge on any atom is -0.497 e. The number of benzene rings is 1. The lowest BCUT2D eigenvalue weighted by Crippen LogP contribution is -2.31. The number of amides is 1. The molecule has 1 amide bonds. The molecule has 0 radical (unpaired) electrons. The van der Waals surface area contributed by atoms with Crippen molar-refractivity contribution in [2.75, 3.05) is 7.11 Å². The first-order valence-corrected chi connectivity index (χ1v) is 8.21. The number of H-pyrrole nitrogens is 1. The van der Waals surface area contributed by atoms with E-state index < -0.39 is 11.2 Å². The molecule has 0 bridgehead atoms. The van der Waals surface area contributed by atoms with Crippen LogP contribution in [0, 0.1) is 0 Å². The van der Waals surface area contributed by atoms with Crippen LogP contribution in [0.25, 0.3) is 11.3 Å². The van der Waals surface area contributed by atoms with Gasteiger partial charge in [-0.25, -0.2) is 4.79 Å². The number of carbonyl (C=O) groups is 1. The van der Waals surface area contributed by atoms with Gasteiger partial charge in [0.25, 0.3) is 5.56 Å². The Morgan fingerprint density at radius 2 is 2.15 bits per heavy atom. The van der Waals surface area contributed by atoms with Crippen molar-refractivity contribution in [2.24, 2.45) is 0 Å². The number of aromatic nitrogens is 3. The van der Waals surface area contributed by atoms with E-state index in [0.717, 1.165) is 5.56 Å². The highest BCUT2D eigenvalue weighted by Crippen LogP contribution is 2.24. The number of nitrogens with zero attached hydrogens (tertiary/aromatic N) is 2. The van der Waals surface area contributed by atoms with Crippen LogP contribution in [-0.4, -0.2) is 27.7 Å². The van der Waals surface area contributed by atoms with E-state index in [2.05, 4.69) is 15.5 Å². The smallest absolute Gasteiger partial charge is 0.328 e. The van der Waals surface area contributed by atoms with Gasteiger partial charge in [0.05, 0.1) is 13.7 Å². The van der Waals surface area contributed by atoms with Gasteiger partial charge in [0.15, 0.2) is 5.76 Å². The molecule has 0 saturated heterocycles. The Hall–Kier alpha value is -3.62. The molecule has 2 N–H and O–H groups in total. The number of aryl methyl sites for hydroxylation is 1. The van der Waals surface area contributed by atoms with E-state index in [-0.39, 0.29) is 25.4 Å². The number of hydrogen-bond acceptors (Lipinski definition) is 6. The normalized spacial score (nSPS) is 10.6. The predicted octanol–water partition coefficient (Wildman–Crippen LogP) is 0.907. The number of rotatable bonds is 7. The average molecular weight is 370 g/mol. The fraction of sp³-hybridized carbons (Fsp3) is 0.222. The summed E-state index contributed by atoms with van der Waals surface area (Å²) in [5.41, 5.74) is 0.368. The predicted molar refractivity (Wildman–Crippen MR) is 96.3 cm³/mol. The minimum absolute atomic E-state index is 0.0898. The fourth-order valence-corrected chi connectivity index (χ4v) is 2.43. The molecule has 0 aliphatic rings. The van der Waals surface area contributed by atoms with Crippen molar-refractivity contribution in [3.8, 4) is 17.1 Å². The molecule has 0 aliphatic heterocycles. The first-order chi connectivity index (χ1) is 13.0. The summed E-state index contributed by atoms with van der Waals surface area (Å²) in [5, 5.41) is 6.65. The summed E-state index contributed by atoms with van der Waals surface area (Å²) in [6.07, 6.45) is 1.44. The summed E-state index contributed by atoms with van der Waals surface area (Å²) in [6.45, 7) is 0.363. The molecule has 9 nitrogen and oxygen atoms in total. The Bertz CT molecular complexity index is 1050. The monoisotopic (exact) mass is 370 g/mol. The Morgan fingerprint density at radius 1 is 1.30 bits per heavy atom. The first-order valence-electron chi connectivity index (χ1n) is 8.21. The fourth-order valence-electron chi connectivity index (χ4n) is 2.43. The standard InChI is InChI=1S/C18H18N4O5/c1-26-14-4-2-3-12(9-14)15-10-13(21-27-15)11-19-16(23)5-7-22-8-6-17(24)20-18(22)25/h2-4,6,8-10H,5,7,11H2,1H3,(H,19,23)(H,20,24,25). The minimum atomic E-state index is -0.547. The Kier molecular flexibility index (Phi) is 5.50. The Labute approximate surface area is 153 Å². The third-order valence-corrected chi connectivity index (χ3v) is 3.86. The maximum atomic E-state index is 12.0. The van der Waals surface area contributed by atoms with Gasteiger partial charge in [0, 0.05) is 36.9 Å². The lowest BCUT2D eigenvalue weighted by Gasteiger charge is -2.05. The summed E-state index contributed by atoms with van der Waals surface area (Å²) < 4.78 is 11.7. The van der Waals surface area contributed by atoms with Crippen LogP contribution in [0.15, 0.2) is 56.7 Å². The molecular weight excluding hydrogens is 352 g/mol. The van der Waals surface area contributed by atoms with Gasteiger partial charge in [-0.05, 0) is 12.1 Å². The van der Waals surface area contributed by atoms with Gasteiger partial charge in [-0.1, -0.05) is 17.3 Å². The molecule has 0 spiro atoms. The largest absolute Gasteiger partial charge is 0.497 e. The van der Waals surface area contributed by atoms with E-state index in [4.69, 9.17) is 9.26 Å². The topological polar surface area (TPSA) is 119 Å². The number of hydrogen-bond donors (Lipinski definition) is 2. The van der Waals surface area contributed by atoms with Gasteiger partial charge in [-0.3, -0.25) is 14.6 Å². The van der Waals surface area contributed by atoms with E-state index in [1.165, 1.54) is 16.8 Å². The molecule has 0 atom stereocenters. The van der Waals surface area contributed by atoms with Gasteiger partial charge in [0.1, 0.15) is 11.4 Å². The molecular formula is C18H18N4O5. The first kappa shape index (κ1) is 18.2. The summed E-state index contributed by atoms with van der Waals surface area (Å²) in [5.74, 6) is 1.02. The van der Waals surface area contributed by atoms with Crippen LogP contribution in [0.2, 0.25) is 0 Å². The quantitative estimate of drug-likeness (QED) is 0.638. The lowest BCUT2D eigenvalue weighted by molar-refractivity contribution is -0.121. The molecule has 9 heteroatoms. The summed E-state index contributed by atoms with van der Waals surface area (Å²) in [4.78, 5) is 36.7. The highest BCUT2D eigenvalue weighted by Gasteiger charge is 2.09. The summed E-state index contributed by atoms with van der Waals surface area (Å²) in [6, 6.07) is 10.3. The lowest BCUT2D eigenvalue weighted by atomic mass is 10.1. The van der Waals surface area contributed by atoms with E-state index >= 15 is 0 Å². The second kappa shape index (κ2) is 8.17. The molecule has 2 aromatic heterocycles. The van der Waals surface area contributed by atoms with Crippen LogP contribution < -0.4 is 21.3 Å². The maximum absolute atomic E-state index is 12.0. The van der Waals surface area contributed by atoms with E-state index in [0.29, 0.717) is 17.2 Å². The third kappa shape index (κ3) is 4.72. The van der Waals surface area contributed by atoms with Crippen LogP contribution in [0.4, 0.5) is 0 Å². The second-order valence-corrected chi connectivity index (χ2v) is 5.74. The highest BCUT2D eigenvalue weighted by molar-refractivity contribution is 5.75. The van der Waals surface area contributed by atoms with Crippen molar-refractivity contribution in [1.29, 1.82) is 0 Å². The maximum Gasteiger partial charge on any atom is 0.328 e. The van der Waals surface area contributed by atoms with Crippen LogP contribution in [0.1, 0.15) is 12.1 Å². The number of methoxy groups -OCH3 is 1. The molecule has 0 fully saturated rings. The van der Waals surface area contributed by atoms with Gasteiger partial charge in [-0.2, -0.15) is 0 Å². The van der Waals surface area contributed by atoms with Crippen LogP contribution in [0.5, 0.6) is 5.75 Å². The third-order valence-electron chi connectivity index (χ3n) is 3.86. The van der Waals surface area contributed by atoms with Crippen molar-refractivity contribution in [3.05, 3.63) is 69.1 Å². The molecule has 140 valence electrons. The van der Waals surface area contributed by atoms with Crippen molar-refractivity contribution in [2.45, 2.75) is 19.5 Å². The number of ether oxygens (including phenoxy) is 1. The molecule has 0 aliphatic carbocycles. The van der Waals surface area contributed by atoms with Gasteiger partial charge < -0.3 is 19.1 Å². The van der Waals surface area contributed by atoms with E-state index in [1.54, 1.807) is 13.2 Å². The molecule has 0 saturated carbocycles. The second-order valence-electron chi connectivity index (χ2n) is 5.74.